The summed E-state index contributed by atoms with van der Waals surface area (Å²) in [6.07, 6.45) is 3.94. The molecule has 0 unspecified atom stereocenters. The third-order valence-electron chi connectivity index (χ3n) is 1.77. The van der Waals surface area contributed by atoms with E-state index in [2.05, 4.69) is 0 Å². The molecule has 0 fully saturated rings. The van der Waals surface area contributed by atoms with Crippen LogP contribution in [0.1, 0.15) is 39.0 Å². The molecular weight excluding hydrogens is 204 g/mol. The summed E-state index contributed by atoms with van der Waals surface area (Å²) in [6, 6.07) is 0. The molecule has 0 aromatic heterocycles. The first kappa shape index (κ1) is 13.9. The molecule has 0 aliphatic heterocycles. The Labute approximate surface area is 86.4 Å². The minimum atomic E-state index is -3.27. The van der Waals surface area contributed by atoms with Gasteiger partial charge < -0.3 is 5.11 Å². The molecule has 0 bridgehead atoms. The first-order valence-corrected chi connectivity index (χ1v) is 6.68. The number of unbranched alkanes of at least 4 members (excludes halogenated alkanes) is 3. The number of rotatable bonds is 9. The SMILES string of the molecule is CCCS(=O)(=O)OCCCCCCO. The molecule has 0 heterocycles. The van der Waals surface area contributed by atoms with Crippen LogP contribution in [0.15, 0.2) is 0 Å². The Hall–Kier alpha value is -0.130. The molecule has 1 N–H and O–H groups in total. The van der Waals surface area contributed by atoms with Crippen molar-refractivity contribution < 1.29 is 17.7 Å². The monoisotopic (exact) mass is 224 g/mol. The van der Waals surface area contributed by atoms with Crippen molar-refractivity contribution in [1.29, 1.82) is 0 Å². The Balaban J connectivity index is 3.35. The lowest BCUT2D eigenvalue weighted by Gasteiger charge is -2.03. The highest BCUT2D eigenvalue weighted by molar-refractivity contribution is 7.86. The lowest BCUT2D eigenvalue weighted by atomic mass is 10.2. The molecule has 0 amide bonds. The molecule has 0 saturated heterocycles. The highest BCUT2D eigenvalue weighted by Gasteiger charge is 2.08. The second-order valence-electron chi connectivity index (χ2n) is 3.22. The van der Waals surface area contributed by atoms with Gasteiger partial charge in [-0.15, -0.1) is 0 Å². The summed E-state index contributed by atoms with van der Waals surface area (Å²) < 4.78 is 26.9. The second kappa shape index (κ2) is 8.20. The van der Waals surface area contributed by atoms with Crippen LogP contribution in [-0.2, 0) is 14.3 Å². The molecule has 0 spiro atoms. The van der Waals surface area contributed by atoms with E-state index >= 15 is 0 Å². The van der Waals surface area contributed by atoms with Gasteiger partial charge in [-0.1, -0.05) is 19.8 Å². The van der Waals surface area contributed by atoms with Crippen molar-refractivity contribution in [2.75, 3.05) is 19.0 Å². The molecule has 0 saturated carbocycles. The van der Waals surface area contributed by atoms with Gasteiger partial charge in [-0.3, -0.25) is 4.18 Å². The third-order valence-corrected chi connectivity index (χ3v) is 3.20. The summed E-state index contributed by atoms with van der Waals surface area (Å²) in [6.45, 7) is 2.28. The van der Waals surface area contributed by atoms with Gasteiger partial charge in [0.15, 0.2) is 0 Å². The zero-order valence-electron chi connectivity index (χ0n) is 8.74. The number of aliphatic hydroxyl groups is 1. The van der Waals surface area contributed by atoms with Gasteiger partial charge in [-0.2, -0.15) is 8.42 Å². The molecule has 0 radical (unpaired) electrons. The fourth-order valence-electron chi connectivity index (χ4n) is 1.06. The van der Waals surface area contributed by atoms with Crippen LogP contribution in [0.4, 0.5) is 0 Å². The average molecular weight is 224 g/mol. The second-order valence-corrected chi connectivity index (χ2v) is 4.98. The summed E-state index contributed by atoms with van der Waals surface area (Å²) in [7, 11) is -3.27. The van der Waals surface area contributed by atoms with E-state index in [0.29, 0.717) is 6.42 Å². The molecule has 5 heteroatoms. The van der Waals surface area contributed by atoms with E-state index in [-0.39, 0.29) is 19.0 Å². The number of hydrogen-bond donors (Lipinski definition) is 1. The molecule has 14 heavy (non-hydrogen) atoms. The van der Waals surface area contributed by atoms with E-state index < -0.39 is 10.1 Å². The van der Waals surface area contributed by atoms with Crippen LogP contribution in [0.3, 0.4) is 0 Å². The molecule has 0 aromatic rings. The van der Waals surface area contributed by atoms with E-state index in [1.807, 2.05) is 6.92 Å². The van der Waals surface area contributed by atoms with Crippen LogP contribution >= 0.6 is 0 Å². The molecule has 86 valence electrons. The molecule has 0 aromatic carbocycles. The normalized spacial score (nSPS) is 11.9. The lowest BCUT2D eigenvalue weighted by Crippen LogP contribution is -2.10. The predicted octanol–water partition coefficient (Wildman–Crippen LogP) is 1.30. The summed E-state index contributed by atoms with van der Waals surface area (Å²) in [4.78, 5) is 0. The number of hydrogen-bond acceptors (Lipinski definition) is 4. The standard InChI is InChI=1S/C9H20O4S/c1-2-9-14(11,12)13-8-6-4-3-5-7-10/h10H,2-9H2,1H3. The Kier molecular flexibility index (Phi) is 8.12. The van der Waals surface area contributed by atoms with Gasteiger partial charge in [0.05, 0.1) is 12.4 Å². The predicted molar refractivity (Wildman–Crippen MR) is 55.6 cm³/mol. The third kappa shape index (κ3) is 8.47. The Morgan fingerprint density at radius 1 is 1.14 bits per heavy atom. The first-order chi connectivity index (χ1) is 6.62. The maximum atomic E-state index is 11.1. The molecule has 0 rings (SSSR count). The summed E-state index contributed by atoms with van der Waals surface area (Å²) in [5, 5.41) is 8.49. The van der Waals surface area contributed by atoms with Crippen molar-refractivity contribution >= 4 is 10.1 Å². The van der Waals surface area contributed by atoms with Crippen molar-refractivity contribution in [3.8, 4) is 0 Å². The van der Waals surface area contributed by atoms with Gasteiger partial charge in [-0.05, 0) is 19.3 Å². The summed E-state index contributed by atoms with van der Waals surface area (Å²) in [5.74, 6) is 0.101. The van der Waals surface area contributed by atoms with E-state index in [1.165, 1.54) is 0 Å². The van der Waals surface area contributed by atoms with Gasteiger partial charge in [0, 0.05) is 6.61 Å². The summed E-state index contributed by atoms with van der Waals surface area (Å²) in [5.41, 5.74) is 0. The molecule has 0 aliphatic carbocycles. The van der Waals surface area contributed by atoms with E-state index in [0.717, 1.165) is 25.7 Å². The average Bonchev–Trinajstić information content (AvgIpc) is 2.11. The fraction of sp³-hybridized carbons (Fsp3) is 1.00. The maximum absolute atomic E-state index is 11.1. The van der Waals surface area contributed by atoms with E-state index in [1.54, 1.807) is 0 Å². The topological polar surface area (TPSA) is 63.6 Å². The maximum Gasteiger partial charge on any atom is 0.267 e. The van der Waals surface area contributed by atoms with Gasteiger partial charge in [0.25, 0.3) is 10.1 Å². The first-order valence-electron chi connectivity index (χ1n) is 5.10. The Bertz CT molecular complexity index is 211. The largest absolute Gasteiger partial charge is 0.396 e. The number of aliphatic hydroxyl groups excluding tert-OH is 1. The highest BCUT2D eigenvalue weighted by atomic mass is 32.2. The fourth-order valence-corrected chi connectivity index (χ4v) is 2.05. The highest BCUT2D eigenvalue weighted by Crippen LogP contribution is 2.02. The molecular formula is C9H20O4S. The minimum absolute atomic E-state index is 0.101. The van der Waals surface area contributed by atoms with Crippen LogP contribution in [-0.4, -0.2) is 32.5 Å². The minimum Gasteiger partial charge on any atom is -0.396 e. The summed E-state index contributed by atoms with van der Waals surface area (Å²) >= 11 is 0. The van der Waals surface area contributed by atoms with E-state index in [9.17, 15) is 8.42 Å². The Morgan fingerprint density at radius 3 is 2.36 bits per heavy atom. The van der Waals surface area contributed by atoms with Crippen LogP contribution in [0.25, 0.3) is 0 Å². The van der Waals surface area contributed by atoms with Gasteiger partial charge in [0.2, 0.25) is 0 Å². The van der Waals surface area contributed by atoms with Gasteiger partial charge in [0.1, 0.15) is 0 Å². The Morgan fingerprint density at radius 2 is 1.79 bits per heavy atom. The van der Waals surface area contributed by atoms with Crippen molar-refractivity contribution in [3.63, 3.8) is 0 Å². The van der Waals surface area contributed by atoms with Crippen molar-refractivity contribution in [1.82, 2.24) is 0 Å². The smallest absolute Gasteiger partial charge is 0.267 e. The molecule has 0 atom stereocenters. The zero-order chi connectivity index (χ0) is 10.9. The van der Waals surface area contributed by atoms with Gasteiger partial charge >= 0.3 is 0 Å². The quantitative estimate of drug-likeness (QED) is 0.473. The molecule has 0 aliphatic rings. The van der Waals surface area contributed by atoms with E-state index in [4.69, 9.17) is 9.29 Å². The van der Waals surface area contributed by atoms with Crippen molar-refractivity contribution in [2.45, 2.75) is 39.0 Å². The van der Waals surface area contributed by atoms with Crippen LogP contribution in [0.2, 0.25) is 0 Å². The lowest BCUT2D eigenvalue weighted by molar-refractivity contribution is 0.274. The van der Waals surface area contributed by atoms with Crippen LogP contribution in [0.5, 0.6) is 0 Å². The molecule has 4 nitrogen and oxygen atoms in total. The van der Waals surface area contributed by atoms with Crippen molar-refractivity contribution in [3.05, 3.63) is 0 Å². The van der Waals surface area contributed by atoms with Gasteiger partial charge in [-0.25, -0.2) is 0 Å². The van der Waals surface area contributed by atoms with Crippen molar-refractivity contribution in [2.24, 2.45) is 0 Å². The van der Waals surface area contributed by atoms with Crippen LogP contribution in [0, 0.1) is 0 Å². The van der Waals surface area contributed by atoms with Crippen LogP contribution < -0.4 is 0 Å². The zero-order valence-corrected chi connectivity index (χ0v) is 9.55.